The molecule has 3 N–H and O–H groups in total. The zero-order valence-electron chi connectivity index (χ0n) is 18.2. The standard InChI is InChI=1S/C26H26N2O5/c1-2-8-22(23(29)27-16-26(24(30)31)13-7-14-26)28-25(32)33-15-21-19-11-5-3-9-17(19)18-10-4-6-12-20(18)21/h1,3-6,9-12,21-22H,7-8,13-16H2,(H,27,29)(H,28,32)(H,30,31). The molecule has 0 saturated heterocycles. The van der Waals surface area contributed by atoms with Crippen LogP contribution in [0.3, 0.4) is 0 Å². The van der Waals surface area contributed by atoms with Gasteiger partial charge in [-0.05, 0) is 35.1 Å². The van der Waals surface area contributed by atoms with Gasteiger partial charge in [0.2, 0.25) is 5.91 Å². The zero-order chi connectivity index (χ0) is 23.4. The molecule has 7 nitrogen and oxygen atoms in total. The van der Waals surface area contributed by atoms with Gasteiger partial charge in [0.05, 0.1) is 5.41 Å². The van der Waals surface area contributed by atoms with E-state index in [0.29, 0.717) is 12.8 Å². The zero-order valence-corrected chi connectivity index (χ0v) is 18.2. The quantitative estimate of drug-likeness (QED) is 0.540. The second-order valence-corrected chi connectivity index (χ2v) is 8.59. The van der Waals surface area contributed by atoms with Gasteiger partial charge in [-0.1, -0.05) is 55.0 Å². The van der Waals surface area contributed by atoms with Crippen molar-refractivity contribution in [2.24, 2.45) is 5.41 Å². The second-order valence-electron chi connectivity index (χ2n) is 8.59. The van der Waals surface area contributed by atoms with Gasteiger partial charge in [-0.25, -0.2) is 4.79 Å². The third kappa shape index (κ3) is 4.42. The average molecular weight is 447 g/mol. The normalized spacial score (nSPS) is 16.3. The van der Waals surface area contributed by atoms with E-state index in [1.807, 2.05) is 48.5 Å². The molecule has 2 aromatic carbocycles. The third-order valence-corrected chi connectivity index (χ3v) is 6.64. The number of amides is 2. The highest BCUT2D eigenvalue weighted by Gasteiger charge is 2.44. The number of nitrogens with one attached hydrogen (secondary N) is 2. The smallest absolute Gasteiger partial charge is 0.407 e. The van der Waals surface area contributed by atoms with Crippen LogP contribution in [0.25, 0.3) is 11.1 Å². The topological polar surface area (TPSA) is 105 Å². The maximum absolute atomic E-state index is 12.6. The van der Waals surface area contributed by atoms with E-state index in [2.05, 4.69) is 16.6 Å². The summed E-state index contributed by atoms with van der Waals surface area (Å²) in [5.74, 6) is 0.834. The van der Waals surface area contributed by atoms with Gasteiger partial charge in [-0.15, -0.1) is 12.3 Å². The van der Waals surface area contributed by atoms with Crippen molar-refractivity contribution in [3.05, 3.63) is 59.7 Å². The highest BCUT2D eigenvalue weighted by Crippen LogP contribution is 2.44. The lowest BCUT2D eigenvalue weighted by Crippen LogP contribution is -2.52. The summed E-state index contributed by atoms with van der Waals surface area (Å²) in [7, 11) is 0. The summed E-state index contributed by atoms with van der Waals surface area (Å²) >= 11 is 0. The molecule has 7 heteroatoms. The molecule has 1 saturated carbocycles. The Morgan fingerprint density at radius 3 is 2.21 bits per heavy atom. The Labute approximate surface area is 192 Å². The van der Waals surface area contributed by atoms with Crippen molar-refractivity contribution < 1.29 is 24.2 Å². The first-order valence-corrected chi connectivity index (χ1v) is 11.0. The molecule has 0 aliphatic heterocycles. The molecule has 0 aromatic heterocycles. The minimum absolute atomic E-state index is 0.00854. The summed E-state index contributed by atoms with van der Waals surface area (Å²) in [6.07, 6.45) is 6.44. The number of carboxylic acid groups (broad SMARTS) is 1. The predicted molar refractivity (Wildman–Crippen MR) is 122 cm³/mol. The molecule has 2 aliphatic carbocycles. The molecular weight excluding hydrogens is 420 g/mol. The van der Waals surface area contributed by atoms with Gasteiger partial charge >= 0.3 is 12.1 Å². The SMILES string of the molecule is C#CCC(NC(=O)OCC1c2ccccc2-c2ccccc21)C(=O)NCC1(C(=O)O)CCC1. The first-order chi connectivity index (χ1) is 15.9. The number of benzene rings is 2. The van der Waals surface area contributed by atoms with Crippen LogP contribution in [0.4, 0.5) is 4.79 Å². The Hall–Kier alpha value is -3.79. The van der Waals surface area contributed by atoms with Crippen LogP contribution in [0.5, 0.6) is 0 Å². The van der Waals surface area contributed by atoms with Crippen molar-refractivity contribution in [1.82, 2.24) is 10.6 Å². The summed E-state index contributed by atoms with van der Waals surface area (Å²) in [6.45, 7) is 0.126. The van der Waals surface area contributed by atoms with Crippen molar-refractivity contribution in [2.75, 3.05) is 13.2 Å². The van der Waals surface area contributed by atoms with E-state index < -0.39 is 29.4 Å². The number of rotatable bonds is 8. The highest BCUT2D eigenvalue weighted by atomic mass is 16.5. The number of carbonyl (C=O) groups is 3. The van der Waals surface area contributed by atoms with Crippen molar-refractivity contribution >= 4 is 18.0 Å². The van der Waals surface area contributed by atoms with Gasteiger partial charge < -0.3 is 20.5 Å². The monoisotopic (exact) mass is 446 g/mol. The van der Waals surface area contributed by atoms with E-state index in [1.54, 1.807) is 0 Å². The molecule has 170 valence electrons. The van der Waals surface area contributed by atoms with Gasteiger partial charge in [-0.2, -0.15) is 0 Å². The third-order valence-electron chi connectivity index (χ3n) is 6.64. The summed E-state index contributed by atoms with van der Waals surface area (Å²) in [5, 5.41) is 14.6. The fraction of sp³-hybridized carbons (Fsp3) is 0.346. The molecule has 1 unspecified atom stereocenters. The van der Waals surface area contributed by atoms with Crippen LogP contribution in [0.2, 0.25) is 0 Å². The first kappa shape index (κ1) is 22.4. The Balaban J connectivity index is 1.36. The lowest BCUT2D eigenvalue weighted by atomic mass is 9.69. The molecule has 4 rings (SSSR count). The van der Waals surface area contributed by atoms with E-state index in [0.717, 1.165) is 28.7 Å². The summed E-state index contributed by atoms with van der Waals surface area (Å²) < 4.78 is 5.49. The number of aliphatic carboxylic acids is 1. The number of hydrogen-bond acceptors (Lipinski definition) is 4. The maximum Gasteiger partial charge on any atom is 0.407 e. The van der Waals surface area contributed by atoms with Crippen LogP contribution in [-0.4, -0.2) is 42.3 Å². The number of carbonyl (C=O) groups excluding carboxylic acids is 2. The van der Waals surface area contributed by atoms with E-state index in [-0.39, 0.29) is 25.5 Å². The lowest BCUT2D eigenvalue weighted by Gasteiger charge is -2.37. The summed E-state index contributed by atoms with van der Waals surface area (Å²) in [5.41, 5.74) is 3.48. The van der Waals surface area contributed by atoms with Crippen LogP contribution in [0, 0.1) is 17.8 Å². The van der Waals surface area contributed by atoms with Crippen LogP contribution in [0.1, 0.15) is 42.7 Å². The first-order valence-electron chi connectivity index (χ1n) is 11.0. The molecule has 1 atom stereocenters. The van der Waals surface area contributed by atoms with Crippen LogP contribution in [0.15, 0.2) is 48.5 Å². The van der Waals surface area contributed by atoms with Crippen molar-refractivity contribution in [1.29, 1.82) is 0 Å². The second kappa shape index (κ2) is 9.37. The van der Waals surface area contributed by atoms with Crippen molar-refractivity contribution in [3.63, 3.8) is 0 Å². The predicted octanol–water partition coefficient (Wildman–Crippen LogP) is 3.29. The molecule has 1 fully saturated rings. The fourth-order valence-corrected chi connectivity index (χ4v) is 4.56. The number of carboxylic acids is 1. The van der Waals surface area contributed by atoms with Gasteiger partial charge in [0.15, 0.2) is 0 Å². The van der Waals surface area contributed by atoms with Gasteiger partial charge in [0, 0.05) is 18.9 Å². The Kier molecular flexibility index (Phi) is 6.36. The Morgan fingerprint density at radius 2 is 1.70 bits per heavy atom. The van der Waals surface area contributed by atoms with Crippen LogP contribution < -0.4 is 10.6 Å². The fourth-order valence-electron chi connectivity index (χ4n) is 4.56. The summed E-state index contributed by atoms with van der Waals surface area (Å²) in [4.78, 5) is 36.6. The molecule has 0 radical (unpaired) electrons. The molecule has 0 bridgehead atoms. The van der Waals surface area contributed by atoms with Crippen molar-refractivity contribution in [2.45, 2.75) is 37.6 Å². The van der Waals surface area contributed by atoms with E-state index in [1.165, 1.54) is 0 Å². The largest absolute Gasteiger partial charge is 0.481 e. The molecule has 2 aliphatic rings. The average Bonchev–Trinajstić information content (AvgIpc) is 3.10. The summed E-state index contributed by atoms with van der Waals surface area (Å²) in [6, 6.07) is 15.0. The minimum Gasteiger partial charge on any atom is -0.481 e. The molecule has 2 aromatic rings. The van der Waals surface area contributed by atoms with E-state index in [9.17, 15) is 19.5 Å². The van der Waals surface area contributed by atoms with E-state index >= 15 is 0 Å². The number of ether oxygens (including phenoxy) is 1. The molecule has 33 heavy (non-hydrogen) atoms. The number of alkyl carbamates (subject to hydrolysis) is 1. The Morgan fingerprint density at radius 1 is 1.09 bits per heavy atom. The van der Waals surface area contributed by atoms with Crippen LogP contribution in [-0.2, 0) is 14.3 Å². The van der Waals surface area contributed by atoms with Gasteiger partial charge in [-0.3, -0.25) is 9.59 Å². The van der Waals surface area contributed by atoms with Gasteiger partial charge in [0.25, 0.3) is 0 Å². The Bertz CT molecular complexity index is 1070. The highest BCUT2D eigenvalue weighted by molar-refractivity contribution is 5.87. The van der Waals surface area contributed by atoms with Gasteiger partial charge in [0.1, 0.15) is 12.6 Å². The molecular formula is C26H26N2O5. The molecule has 2 amide bonds. The van der Waals surface area contributed by atoms with E-state index in [4.69, 9.17) is 11.2 Å². The number of fused-ring (bicyclic) bond motifs is 3. The minimum atomic E-state index is -1.00. The number of terminal acetylenes is 1. The number of hydrogen-bond donors (Lipinski definition) is 3. The molecule has 0 heterocycles. The maximum atomic E-state index is 12.6. The lowest BCUT2D eigenvalue weighted by molar-refractivity contribution is -0.154. The van der Waals surface area contributed by atoms with Crippen LogP contribution >= 0.6 is 0 Å². The van der Waals surface area contributed by atoms with Crippen molar-refractivity contribution in [3.8, 4) is 23.5 Å². The molecule has 0 spiro atoms.